The van der Waals surface area contributed by atoms with Crippen LogP contribution in [0.15, 0.2) is 60.5 Å². The van der Waals surface area contributed by atoms with Gasteiger partial charge in [-0.2, -0.15) is 0 Å². The van der Waals surface area contributed by atoms with Crippen LogP contribution in [0.5, 0.6) is 0 Å². The molecule has 2 aromatic carbocycles. The van der Waals surface area contributed by atoms with Crippen molar-refractivity contribution in [2.45, 2.75) is 11.8 Å². The van der Waals surface area contributed by atoms with Crippen LogP contribution in [0.2, 0.25) is 0 Å². The summed E-state index contributed by atoms with van der Waals surface area (Å²) < 4.78 is 0. The van der Waals surface area contributed by atoms with Gasteiger partial charge in [-0.15, -0.1) is 0 Å². The Balaban J connectivity index is 2.59. The van der Waals surface area contributed by atoms with Crippen molar-refractivity contribution >= 4 is 39.0 Å². The molecule has 0 heterocycles. The quantitative estimate of drug-likeness (QED) is 0.621. The van der Waals surface area contributed by atoms with E-state index in [1.165, 1.54) is 24.8 Å². The highest BCUT2D eigenvalue weighted by atomic mass is 32.2. The molecule has 0 aliphatic heterocycles. The minimum absolute atomic E-state index is 0.0304. The van der Waals surface area contributed by atoms with Crippen LogP contribution < -0.4 is 0 Å². The lowest BCUT2D eigenvalue weighted by molar-refractivity contribution is -0.110. The Morgan fingerprint density at radius 1 is 1.20 bits per heavy atom. The summed E-state index contributed by atoms with van der Waals surface area (Å²) >= 11 is 1.17. The van der Waals surface area contributed by atoms with Crippen molar-refractivity contribution in [3.63, 3.8) is 0 Å². The lowest BCUT2D eigenvalue weighted by atomic mass is 9.97. The third-order valence-corrected chi connectivity index (χ3v) is 3.70. The summed E-state index contributed by atoms with van der Waals surface area (Å²) in [7, 11) is 0. The number of hydrogen-bond donors (Lipinski definition) is 0. The van der Waals surface area contributed by atoms with Crippen LogP contribution in [0.25, 0.3) is 16.3 Å². The van der Waals surface area contributed by atoms with Crippen LogP contribution in [0.3, 0.4) is 0 Å². The van der Waals surface area contributed by atoms with Crippen molar-refractivity contribution in [3.8, 4) is 0 Å². The standard InChI is InChI=1S/C17H14O2S/c1-4-17(19)11(2)15-7-5-6-13-8-9-14(10-16(13)15)20-12(3)18/h4-10H,1-2H2,3H3. The molecule has 0 bridgehead atoms. The van der Waals surface area contributed by atoms with E-state index in [9.17, 15) is 9.59 Å². The maximum atomic E-state index is 11.7. The van der Waals surface area contributed by atoms with Gasteiger partial charge in [0.1, 0.15) is 0 Å². The number of ketones is 1. The second-order valence-corrected chi connectivity index (χ2v) is 5.58. The van der Waals surface area contributed by atoms with Crippen molar-refractivity contribution in [2.75, 3.05) is 0 Å². The van der Waals surface area contributed by atoms with Crippen LogP contribution in [-0.2, 0) is 9.59 Å². The number of rotatable bonds is 4. The van der Waals surface area contributed by atoms with Gasteiger partial charge in [0.05, 0.1) is 0 Å². The largest absolute Gasteiger partial charge is 0.289 e. The zero-order valence-corrected chi connectivity index (χ0v) is 12.0. The summed E-state index contributed by atoms with van der Waals surface area (Å²) in [6, 6.07) is 11.5. The van der Waals surface area contributed by atoms with Gasteiger partial charge in [0, 0.05) is 17.4 Å². The maximum Gasteiger partial charge on any atom is 0.190 e. The third kappa shape index (κ3) is 2.89. The first kappa shape index (κ1) is 14.3. The summed E-state index contributed by atoms with van der Waals surface area (Å²) in [4.78, 5) is 23.8. The summed E-state index contributed by atoms with van der Waals surface area (Å²) in [5, 5.41) is 1.95. The van der Waals surface area contributed by atoms with Gasteiger partial charge in [0.2, 0.25) is 0 Å². The smallest absolute Gasteiger partial charge is 0.190 e. The third-order valence-electron chi connectivity index (χ3n) is 2.92. The molecular formula is C17H14O2S. The molecule has 0 saturated carbocycles. The molecule has 0 fully saturated rings. The van der Waals surface area contributed by atoms with Crippen molar-refractivity contribution in [2.24, 2.45) is 0 Å². The minimum Gasteiger partial charge on any atom is -0.289 e. The van der Waals surface area contributed by atoms with E-state index in [-0.39, 0.29) is 10.9 Å². The zero-order chi connectivity index (χ0) is 14.7. The first-order chi connectivity index (χ1) is 9.52. The molecule has 100 valence electrons. The number of benzene rings is 2. The van der Waals surface area contributed by atoms with Gasteiger partial charge in [-0.05, 0) is 34.5 Å². The number of fused-ring (bicyclic) bond motifs is 1. The molecule has 2 nitrogen and oxygen atoms in total. The molecule has 0 spiro atoms. The fraction of sp³-hybridized carbons (Fsp3) is 0.0588. The zero-order valence-electron chi connectivity index (χ0n) is 11.2. The molecular weight excluding hydrogens is 268 g/mol. The van der Waals surface area contributed by atoms with Crippen LogP contribution in [0.1, 0.15) is 12.5 Å². The predicted molar refractivity (Wildman–Crippen MR) is 84.7 cm³/mol. The Kier molecular flexibility index (Phi) is 4.20. The van der Waals surface area contributed by atoms with Gasteiger partial charge >= 0.3 is 0 Å². The Hall–Kier alpha value is -2.13. The fourth-order valence-electron chi connectivity index (χ4n) is 2.00. The SMILES string of the molecule is C=CC(=O)C(=C)c1cccc2ccc(SC(C)=O)cc12. The van der Waals surface area contributed by atoms with E-state index in [0.717, 1.165) is 21.2 Å². The molecule has 0 radical (unpaired) electrons. The van der Waals surface area contributed by atoms with Crippen molar-refractivity contribution < 1.29 is 9.59 Å². The second-order valence-electron chi connectivity index (χ2n) is 4.33. The normalized spacial score (nSPS) is 10.2. The highest BCUT2D eigenvalue weighted by Crippen LogP contribution is 2.29. The number of allylic oxidation sites excluding steroid dienone is 2. The second kappa shape index (κ2) is 5.88. The molecule has 0 aromatic heterocycles. The Morgan fingerprint density at radius 3 is 2.60 bits per heavy atom. The van der Waals surface area contributed by atoms with E-state index in [1.54, 1.807) is 0 Å². The van der Waals surface area contributed by atoms with E-state index >= 15 is 0 Å². The number of thioether (sulfide) groups is 1. The molecule has 3 heteroatoms. The van der Waals surface area contributed by atoms with Crippen molar-refractivity contribution in [1.29, 1.82) is 0 Å². The Morgan fingerprint density at radius 2 is 1.95 bits per heavy atom. The number of carbonyl (C=O) groups excluding carboxylic acids is 2. The highest BCUT2D eigenvalue weighted by Gasteiger charge is 2.10. The summed E-state index contributed by atoms with van der Waals surface area (Å²) in [6.07, 6.45) is 1.26. The first-order valence-corrected chi connectivity index (χ1v) is 6.92. The summed E-state index contributed by atoms with van der Waals surface area (Å²) in [5.41, 5.74) is 1.19. The van der Waals surface area contributed by atoms with E-state index in [4.69, 9.17) is 0 Å². The Bertz CT molecular complexity index is 729. The molecule has 0 amide bonds. The minimum atomic E-state index is -0.192. The topological polar surface area (TPSA) is 34.1 Å². The summed E-state index contributed by atoms with van der Waals surface area (Å²) in [5.74, 6) is -0.192. The van der Waals surface area contributed by atoms with Crippen LogP contribution in [0.4, 0.5) is 0 Å². The first-order valence-electron chi connectivity index (χ1n) is 6.10. The van der Waals surface area contributed by atoms with Crippen molar-refractivity contribution in [1.82, 2.24) is 0 Å². The molecule has 0 atom stereocenters. The summed E-state index contributed by atoms with van der Waals surface area (Å²) in [6.45, 7) is 8.86. The number of hydrogen-bond acceptors (Lipinski definition) is 3. The average molecular weight is 282 g/mol. The molecule has 2 rings (SSSR count). The average Bonchev–Trinajstić information content (AvgIpc) is 2.44. The van der Waals surface area contributed by atoms with E-state index in [0.29, 0.717) is 5.57 Å². The van der Waals surface area contributed by atoms with Gasteiger partial charge in [-0.25, -0.2) is 0 Å². The van der Waals surface area contributed by atoms with Gasteiger partial charge in [0.25, 0.3) is 0 Å². The Labute approximate surface area is 122 Å². The van der Waals surface area contributed by atoms with E-state index in [1.807, 2.05) is 36.4 Å². The molecule has 20 heavy (non-hydrogen) atoms. The number of carbonyl (C=O) groups is 2. The van der Waals surface area contributed by atoms with Gasteiger partial charge in [-0.3, -0.25) is 9.59 Å². The molecule has 0 unspecified atom stereocenters. The van der Waals surface area contributed by atoms with Crippen LogP contribution >= 0.6 is 11.8 Å². The van der Waals surface area contributed by atoms with Crippen LogP contribution in [-0.4, -0.2) is 10.9 Å². The maximum absolute atomic E-state index is 11.7. The molecule has 0 N–H and O–H groups in total. The fourth-order valence-corrected chi connectivity index (χ4v) is 2.65. The molecule has 0 aliphatic carbocycles. The van der Waals surface area contributed by atoms with Gasteiger partial charge in [-0.1, -0.05) is 49.2 Å². The molecule has 0 aliphatic rings. The lowest BCUT2D eigenvalue weighted by Gasteiger charge is -2.08. The molecule has 0 saturated heterocycles. The lowest BCUT2D eigenvalue weighted by Crippen LogP contribution is -1.96. The van der Waals surface area contributed by atoms with Gasteiger partial charge < -0.3 is 0 Å². The highest BCUT2D eigenvalue weighted by molar-refractivity contribution is 8.13. The van der Waals surface area contributed by atoms with Gasteiger partial charge in [0.15, 0.2) is 10.9 Å². The predicted octanol–water partition coefficient (Wildman–Crippen LogP) is 4.25. The molecule has 2 aromatic rings. The monoisotopic (exact) mass is 282 g/mol. The van der Waals surface area contributed by atoms with Crippen molar-refractivity contribution in [3.05, 3.63) is 61.2 Å². The van der Waals surface area contributed by atoms with Crippen LogP contribution in [0, 0.1) is 0 Å². The van der Waals surface area contributed by atoms with E-state index < -0.39 is 0 Å². The van der Waals surface area contributed by atoms with E-state index in [2.05, 4.69) is 13.2 Å².